The lowest BCUT2D eigenvalue weighted by atomic mass is 10.2. The van der Waals surface area contributed by atoms with Crippen molar-refractivity contribution in [3.63, 3.8) is 0 Å². The number of hydrogen-bond donors (Lipinski definition) is 2. The Kier molecular flexibility index (Phi) is 10.1. The van der Waals surface area contributed by atoms with Gasteiger partial charge in [0.25, 0.3) is 0 Å². The second kappa shape index (κ2) is 12.7. The van der Waals surface area contributed by atoms with E-state index in [1.807, 2.05) is 18.5 Å². The average molecular weight is 380 g/mol. The molecule has 0 radical (unpaired) electrons. The van der Waals surface area contributed by atoms with E-state index in [1.165, 1.54) is 38.8 Å². The van der Waals surface area contributed by atoms with Crippen molar-refractivity contribution in [2.75, 3.05) is 46.4 Å². The Morgan fingerprint density at radius 3 is 2.41 bits per heavy atom. The molecule has 2 N–H and O–H groups in total. The first-order valence-corrected chi connectivity index (χ1v) is 10.3. The molecule has 1 aliphatic rings. The van der Waals surface area contributed by atoms with E-state index in [4.69, 9.17) is 4.74 Å². The zero-order valence-electron chi connectivity index (χ0n) is 17.3. The molecule has 0 aliphatic carbocycles. The summed E-state index contributed by atoms with van der Waals surface area (Å²) >= 11 is 0. The molecule has 0 aromatic carbocycles. The highest BCUT2D eigenvalue weighted by Crippen LogP contribution is 2.09. The summed E-state index contributed by atoms with van der Waals surface area (Å²) in [6.07, 6.45) is 7.55. The number of nitrogens with zero attached hydrogens (tertiary/aromatic N) is 5. The number of aryl methyl sites for hydroxylation is 1. The van der Waals surface area contributed by atoms with Crippen LogP contribution in [0.3, 0.4) is 0 Å². The van der Waals surface area contributed by atoms with Crippen molar-refractivity contribution in [2.24, 2.45) is 12.0 Å². The number of nitrogens with one attached hydrogen (secondary N) is 2. The van der Waals surface area contributed by atoms with E-state index in [0.717, 1.165) is 56.7 Å². The summed E-state index contributed by atoms with van der Waals surface area (Å²) in [5, 5.41) is 15.1. The molecule has 1 fully saturated rings. The van der Waals surface area contributed by atoms with Crippen LogP contribution in [0.5, 0.6) is 0 Å². The van der Waals surface area contributed by atoms with Gasteiger partial charge in [0.05, 0.1) is 0 Å². The predicted molar refractivity (Wildman–Crippen MR) is 109 cm³/mol. The summed E-state index contributed by atoms with van der Waals surface area (Å²) in [7, 11) is 3.70. The van der Waals surface area contributed by atoms with Gasteiger partial charge in [-0.3, -0.25) is 0 Å². The number of likely N-dealkylation sites (tertiary alicyclic amines) is 1. The fourth-order valence-corrected chi connectivity index (χ4v) is 3.21. The lowest BCUT2D eigenvalue weighted by Gasteiger charge is -2.20. The molecule has 27 heavy (non-hydrogen) atoms. The van der Waals surface area contributed by atoms with E-state index in [-0.39, 0.29) is 0 Å². The van der Waals surface area contributed by atoms with E-state index in [1.54, 1.807) is 7.11 Å². The van der Waals surface area contributed by atoms with Crippen LogP contribution >= 0.6 is 0 Å². The summed E-state index contributed by atoms with van der Waals surface area (Å²) in [5.74, 6) is 2.61. The Labute approximate surface area is 163 Å². The number of aliphatic imine (C=N–C) groups is 1. The monoisotopic (exact) mass is 379 g/mol. The van der Waals surface area contributed by atoms with Crippen LogP contribution in [-0.2, 0) is 18.3 Å². The largest absolute Gasteiger partial charge is 0.385 e. The highest BCUT2D eigenvalue weighted by Gasteiger charge is 2.09. The molecule has 0 spiro atoms. The molecule has 2 heterocycles. The second-order valence-electron chi connectivity index (χ2n) is 7.20. The molecule has 0 bridgehead atoms. The minimum absolute atomic E-state index is 0.517. The van der Waals surface area contributed by atoms with Crippen molar-refractivity contribution in [3.05, 3.63) is 11.6 Å². The molecule has 0 amide bonds. The average Bonchev–Trinajstić information content (AvgIpc) is 2.87. The van der Waals surface area contributed by atoms with Crippen molar-refractivity contribution in [3.8, 4) is 0 Å². The molecule has 1 aromatic heterocycles. The van der Waals surface area contributed by atoms with Gasteiger partial charge in [-0.25, -0.2) is 4.99 Å². The van der Waals surface area contributed by atoms with Crippen LogP contribution in [0.4, 0.5) is 0 Å². The van der Waals surface area contributed by atoms with Gasteiger partial charge < -0.3 is 24.8 Å². The van der Waals surface area contributed by atoms with Crippen LogP contribution in [0.2, 0.25) is 0 Å². The number of methoxy groups -OCH3 is 1. The van der Waals surface area contributed by atoms with Crippen molar-refractivity contribution in [2.45, 2.75) is 52.0 Å². The molecule has 154 valence electrons. The standard InChI is InChI=1S/C19H37N7O/c1-17-23-24-18(25(17)2)16-22-19(21-11-9-15-27-3)20-10-8-14-26-12-6-4-5-7-13-26/h4-16H2,1-3H3,(H2,20,21,22). The SMILES string of the molecule is COCCCNC(=NCc1nnc(C)n1C)NCCCN1CCCCCC1. The molecular weight excluding hydrogens is 342 g/mol. The molecule has 2 rings (SSSR count). The Morgan fingerprint density at radius 1 is 1.07 bits per heavy atom. The van der Waals surface area contributed by atoms with Gasteiger partial charge in [0.15, 0.2) is 11.8 Å². The van der Waals surface area contributed by atoms with Crippen LogP contribution in [0.15, 0.2) is 4.99 Å². The minimum atomic E-state index is 0.517. The van der Waals surface area contributed by atoms with E-state index < -0.39 is 0 Å². The molecule has 0 atom stereocenters. The Morgan fingerprint density at radius 2 is 1.78 bits per heavy atom. The zero-order valence-corrected chi connectivity index (χ0v) is 17.3. The third-order valence-corrected chi connectivity index (χ3v) is 5.02. The van der Waals surface area contributed by atoms with Crippen molar-refractivity contribution in [1.82, 2.24) is 30.3 Å². The molecule has 8 nitrogen and oxygen atoms in total. The van der Waals surface area contributed by atoms with Crippen molar-refractivity contribution in [1.29, 1.82) is 0 Å². The van der Waals surface area contributed by atoms with Crippen molar-refractivity contribution < 1.29 is 4.74 Å². The molecule has 8 heteroatoms. The topological polar surface area (TPSA) is 79.6 Å². The molecule has 1 aromatic rings. The van der Waals surface area contributed by atoms with Crippen LogP contribution in [0.25, 0.3) is 0 Å². The van der Waals surface area contributed by atoms with Gasteiger partial charge in [-0.05, 0) is 52.2 Å². The van der Waals surface area contributed by atoms with Gasteiger partial charge in [0.2, 0.25) is 0 Å². The smallest absolute Gasteiger partial charge is 0.191 e. The fourth-order valence-electron chi connectivity index (χ4n) is 3.21. The van der Waals surface area contributed by atoms with E-state index in [0.29, 0.717) is 6.54 Å². The predicted octanol–water partition coefficient (Wildman–Crippen LogP) is 1.46. The molecular formula is C19H37N7O. The van der Waals surface area contributed by atoms with Crippen molar-refractivity contribution >= 4 is 5.96 Å². The Bertz CT molecular complexity index is 550. The fraction of sp³-hybridized carbons (Fsp3) is 0.842. The maximum atomic E-state index is 5.12. The number of aromatic nitrogens is 3. The van der Waals surface area contributed by atoms with Gasteiger partial charge >= 0.3 is 0 Å². The zero-order chi connectivity index (χ0) is 19.3. The number of hydrogen-bond acceptors (Lipinski definition) is 5. The number of rotatable bonds is 10. The highest BCUT2D eigenvalue weighted by molar-refractivity contribution is 5.79. The maximum absolute atomic E-state index is 5.12. The summed E-state index contributed by atoms with van der Waals surface area (Å²) in [6, 6.07) is 0. The van der Waals surface area contributed by atoms with Gasteiger partial charge in [-0.1, -0.05) is 12.8 Å². The lowest BCUT2D eigenvalue weighted by Crippen LogP contribution is -2.39. The van der Waals surface area contributed by atoms with Gasteiger partial charge in [0, 0.05) is 33.9 Å². The van der Waals surface area contributed by atoms with Gasteiger partial charge in [0.1, 0.15) is 12.4 Å². The Balaban J connectivity index is 1.77. The minimum Gasteiger partial charge on any atom is -0.385 e. The summed E-state index contributed by atoms with van der Waals surface area (Å²) in [6.45, 7) is 8.63. The highest BCUT2D eigenvalue weighted by atomic mass is 16.5. The lowest BCUT2D eigenvalue weighted by molar-refractivity contribution is 0.195. The molecule has 1 saturated heterocycles. The van der Waals surface area contributed by atoms with E-state index in [9.17, 15) is 0 Å². The quantitative estimate of drug-likeness (QED) is 0.364. The Hall–Kier alpha value is -1.67. The summed E-state index contributed by atoms with van der Waals surface area (Å²) in [4.78, 5) is 7.28. The van der Waals surface area contributed by atoms with Crippen LogP contribution in [0.1, 0.15) is 50.2 Å². The second-order valence-corrected chi connectivity index (χ2v) is 7.20. The molecule has 0 unspecified atom stereocenters. The van der Waals surface area contributed by atoms with E-state index in [2.05, 4.69) is 30.7 Å². The summed E-state index contributed by atoms with van der Waals surface area (Å²) < 4.78 is 7.10. The first-order valence-electron chi connectivity index (χ1n) is 10.3. The van der Waals surface area contributed by atoms with Crippen LogP contribution < -0.4 is 10.6 Å². The summed E-state index contributed by atoms with van der Waals surface area (Å²) in [5.41, 5.74) is 0. The number of guanidine groups is 1. The molecule has 1 aliphatic heterocycles. The first kappa shape index (κ1) is 21.6. The number of ether oxygens (including phenoxy) is 1. The third-order valence-electron chi connectivity index (χ3n) is 5.02. The van der Waals surface area contributed by atoms with Crippen LogP contribution in [-0.4, -0.2) is 72.1 Å². The first-order chi connectivity index (χ1) is 13.2. The maximum Gasteiger partial charge on any atom is 0.191 e. The van der Waals surface area contributed by atoms with E-state index >= 15 is 0 Å². The van der Waals surface area contributed by atoms with Gasteiger partial charge in [-0.2, -0.15) is 0 Å². The normalized spacial score (nSPS) is 16.3. The van der Waals surface area contributed by atoms with Gasteiger partial charge in [-0.15, -0.1) is 10.2 Å². The van der Waals surface area contributed by atoms with Crippen LogP contribution in [0, 0.1) is 6.92 Å². The third kappa shape index (κ3) is 8.26. The molecule has 0 saturated carbocycles.